The van der Waals surface area contributed by atoms with E-state index in [2.05, 4.69) is 22.6 Å². The summed E-state index contributed by atoms with van der Waals surface area (Å²) in [6.07, 6.45) is 2.24. The van der Waals surface area contributed by atoms with Gasteiger partial charge in [0.2, 0.25) is 0 Å². The van der Waals surface area contributed by atoms with Crippen LogP contribution in [-0.4, -0.2) is 82.4 Å². The normalized spacial score (nSPS) is 9.48. The van der Waals surface area contributed by atoms with Gasteiger partial charge in [0.15, 0.2) is 0 Å². The second-order valence-corrected chi connectivity index (χ2v) is 3.73. The van der Waals surface area contributed by atoms with E-state index in [9.17, 15) is 4.79 Å². The van der Waals surface area contributed by atoms with Crippen LogP contribution in [0.25, 0.3) is 0 Å². The Bertz CT molecular complexity index is 246. The van der Waals surface area contributed by atoms with Crippen molar-refractivity contribution in [3.05, 3.63) is 25.3 Å². The fourth-order valence-electron chi connectivity index (χ4n) is 0.967. The summed E-state index contributed by atoms with van der Waals surface area (Å²) >= 11 is 0. The van der Waals surface area contributed by atoms with E-state index in [-0.39, 0.29) is 26.4 Å². The van der Waals surface area contributed by atoms with E-state index in [4.69, 9.17) is 24.4 Å². The maximum Gasteiger partial charge on any atom is 0.508 e. The Hall–Kier alpha value is -1.45. The highest BCUT2D eigenvalue weighted by Gasteiger charge is 1.97. The molecule has 2 N–H and O–H groups in total. The molecule has 0 heterocycles. The molecule has 0 aromatic carbocycles. The Morgan fingerprint density at radius 2 is 1.09 bits per heavy atom. The minimum atomic E-state index is -0.695. The molecule has 0 aliphatic carbocycles. The van der Waals surface area contributed by atoms with Crippen molar-refractivity contribution in [3.63, 3.8) is 0 Å². The Balaban J connectivity index is 0. The average Bonchev–Trinajstić information content (AvgIpc) is 2.57. The Kier molecular flexibility index (Phi) is 23.6. The molecule has 0 spiro atoms. The van der Waals surface area contributed by atoms with E-state index in [1.807, 2.05) is 0 Å². The standard InChI is InChI=1S/C8H18O5.C7H10O3/c9-1-3-11-5-7-13-8-6-12-4-2-10;1-3-5-9-7(8)10-6-4-2/h9-10H,1-8H2;3-4H,1-2,5-6H2. The van der Waals surface area contributed by atoms with Crippen molar-refractivity contribution in [1.82, 2.24) is 0 Å². The molecule has 8 nitrogen and oxygen atoms in total. The van der Waals surface area contributed by atoms with Crippen molar-refractivity contribution in [2.45, 2.75) is 0 Å². The van der Waals surface area contributed by atoms with Crippen LogP contribution in [0.3, 0.4) is 0 Å². The second-order valence-electron chi connectivity index (χ2n) is 3.73. The molecule has 0 atom stereocenters. The summed E-state index contributed by atoms with van der Waals surface area (Å²) in [5.74, 6) is 0. The molecule has 0 bridgehead atoms. The zero-order valence-corrected chi connectivity index (χ0v) is 13.5. The van der Waals surface area contributed by atoms with Gasteiger partial charge in [-0.1, -0.05) is 25.3 Å². The van der Waals surface area contributed by atoms with Gasteiger partial charge >= 0.3 is 6.16 Å². The number of rotatable bonds is 14. The van der Waals surface area contributed by atoms with Crippen LogP contribution in [0.15, 0.2) is 25.3 Å². The van der Waals surface area contributed by atoms with Crippen LogP contribution in [-0.2, 0) is 23.7 Å². The van der Waals surface area contributed by atoms with Crippen LogP contribution in [0.1, 0.15) is 0 Å². The van der Waals surface area contributed by atoms with Gasteiger partial charge in [-0.2, -0.15) is 0 Å². The number of aliphatic hydroxyl groups excluding tert-OH is 2. The Morgan fingerprint density at radius 3 is 1.39 bits per heavy atom. The van der Waals surface area contributed by atoms with Gasteiger partial charge in [-0.3, -0.25) is 0 Å². The molecule has 136 valence electrons. The Morgan fingerprint density at radius 1 is 0.739 bits per heavy atom. The molecular formula is C15H28O8. The van der Waals surface area contributed by atoms with Crippen LogP contribution >= 0.6 is 0 Å². The van der Waals surface area contributed by atoms with Gasteiger partial charge in [-0.05, 0) is 0 Å². The lowest BCUT2D eigenvalue weighted by Crippen LogP contribution is -2.11. The third-order valence-corrected chi connectivity index (χ3v) is 1.85. The van der Waals surface area contributed by atoms with Crippen molar-refractivity contribution in [2.24, 2.45) is 0 Å². The lowest BCUT2D eigenvalue weighted by atomic mass is 10.7. The summed E-state index contributed by atoms with van der Waals surface area (Å²) in [5.41, 5.74) is 0. The third kappa shape index (κ3) is 25.8. The number of hydrogen-bond acceptors (Lipinski definition) is 8. The number of carbonyl (C=O) groups excluding carboxylic acids is 1. The number of ether oxygens (including phenoxy) is 5. The first-order chi connectivity index (χ1) is 11.2. The molecule has 0 aromatic rings. The van der Waals surface area contributed by atoms with E-state index >= 15 is 0 Å². The molecule has 0 aromatic heterocycles. The van der Waals surface area contributed by atoms with Crippen molar-refractivity contribution in [1.29, 1.82) is 0 Å². The molecule has 0 radical (unpaired) electrons. The van der Waals surface area contributed by atoms with E-state index < -0.39 is 6.16 Å². The highest BCUT2D eigenvalue weighted by Crippen LogP contribution is 1.84. The summed E-state index contributed by atoms with van der Waals surface area (Å²) < 4.78 is 24.0. The summed E-state index contributed by atoms with van der Waals surface area (Å²) in [6.45, 7) is 9.84. The van der Waals surface area contributed by atoms with Crippen molar-refractivity contribution in [2.75, 3.05) is 66.1 Å². The smallest absolute Gasteiger partial charge is 0.430 e. The first-order valence-electron chi connectivity index (χ1n) is 7.19. The highest BCUT2D eigenvalue weighted by atomic mass is 16.7. The largest absolute Gasteiger partial charge is 0.508 e. The quantitative estimate of drug-likeness (QED) is 0.269. The number of carbonyl (C=O) groups is 1. The summed E-state index contributed by atoms with van der Waals surface area (Å²) in [6, 6.07) is 0. The predicted octanol–water partition coefficient (Wildman–Crippen LogP) is 0.532. The monoisotopic (exact) mass is 336 g/mol. The predicted molar refractivity (Wildman–Crippen MR) is 84.3 cm³/mol. The SMILES string of the molecule is C=CCOC(=O)OCC=C.OCCOCCOCCOCCO. The first-order valence-corrected chi connectivity index (χ1v) is 7.19. The molecule has 0 fully saturated rings. The van der Waals surface area contributed by atoms with Gasteiger partial charge in [0, 0.05) is 0 Å². The first kappa shape index (κ1) is 23.8. The van der Waals surface area contributed by atoms with E-state index in [1.165, 1.54) is 12.2 Å². The molecule has 8 heteroatoms. The van der Waals surface area contributed by atoms with E-state index in [0.717, 1.165) is 0 Å². The molecule has 0 rings (SSSR count). The molecule has 23 heavy (non-hydrogen) atoms. The van der Waals surface area contributed by atoms with E-state index in [1.54, 1.807) is 0 Å². The van der Waals surface area contributed by atoms with Gasteiger partial charge in [0.05, 0.1) is 52.9 Å². The zero-order chi connectivity index (χ0) is 17.6. The average molecular weight is 336 g/mol. The van der Waals surface area contributed by atoms with Crippen LogP contribution < -0.4 is 0 Å². The molecule has 0 aliphatic rings. The minimum absolute atomic E-state index is 0.0413. The van der Waals surface area contributed by atoms with Crippen LogP contribution in [0, 0.1) is 0 Å². The molecule has 0 aliphatic heterocycles. The van der Waals surface area contributed by atoms with Crippen molar-refractivity contribution in [3.8, 4) is 0 Å². The summed E-state index contributed by atoms with van der Waals surface area (Å²) in [7, 11) is 0. The van der Waals surface area contributed by atoms with Gasteiger partial charge in [0.1, 0.15) is 13.2 Å². The minimum Gasteiger partial charge on any atom is -0.430 e. The van der Waals surface area contributed by atoms with Crippen LogP contribution in [0.4, 0.5) is 4.79 Å². The van der Waals surface area contributed by atoms with Crippen molar-refractivity contribution >= 4 is 6.16 Å². The fourth-order valence-corrected chi connectivity index (χ4v) is 0.967. The second kappa shape index (κ2) is 22.8. The zero-order valence-electron chi connectivity index (χ0n) is 13.5. The molecule has 0 unspecified atom stereocenters. The van der Waals surface area contributed by atoms with Gasteiger partial charge in [-0.15, -0.1) is 0 Å². The lowest BCUT2D eigenvalue weighted by Gasteiger charge is -2.04. The molecule has 0 saturated carbocycles. The third-order valence-electron chi connectivity index (χ3n) is 1.85. The maximum absolute atomic E-state index is 10.4. The highest BCUT2D eigenvalue weighted by molar-refractivity contribution is 5.60. The maximum atomic E-state index is 10.4. The van der Waals surface area contributed by atoms with Gasteiger partial charge < -0.3 is 33.9 Å². The van der Waals surface area contributed by atoms with E-state index in [0.29, 0.717) is 39.6 Å². The summed E-state index contributed by atoms with van der Waals surface area (Å²) in [4.78, 5) is 10.4. The topological polar surface area (TPSA) is 104 Å². The molecule has 0 saturated heterocycles. The molecular weight excluding hydrogens is 308 g/mol. The van der Waals surface area contributed by atoms with Crippen LogP contribution in [0.2, 0.25) is 0 Å². The van der Waals surface area contributed by atoms with Crippen LogP contribution in [0.5, 0.6) is 0 Å². The Labute approximate surface area is 137 Å². The fraction of sp³-hybridized carbons (Fsp3) is 0.667. The summed E-state index contributed by atoms with van der Waals surface area (Å²) in [5, 5.41) is 16.7. The number of hydrogen-bond donors (Lipinski definition) is 2. The molecule has 0 amide bonds. The van der Waals surface area contributed by atoms with Gasteiger partial charge in [-0.25, -0.2) is 4.79 Å². The lowest BCUT2D eigenvalue weighted by molar-refractivity contribution is 0.00230. The van der Waals surface area contributed by atoms with Gasteiger partial charge in [0.25, 0.3) is 0 Å². The van der Waals surface area contributed by atoms with Crippen molar-refractivity contribution < 1.29 is 38.7 Å². The number of aliphatic hydroxyl groups is 2.